The number of rotatable bonds is 5. The van der Waals surface area contributed by atoms with Gasteiger partial charge >= 0.3 is 0 Å². The molecule has 1 N–H and O–H groups in total. The van der Waals surface area contributed by atoms with Crippen LogP contribution in [0, 0.1) is 17.5 Å². The summed E-state index contributed by atoms with van der Waals surface area (Å²) in [7, 11) is 0. The van der Waals surface area contributed by atoms with Crippen molar-refractivity contribution in [2.75, 3.05) is 6.54 Å². The third kappa shape index (κ3) is 4.22. The number of likely N-dealkylation sites (N-methyl/N-ethyl adjacent to an activating group) is 1. The lowest BCUT2D eigenvalue weighted by Crippen LogP contribution is -2.23. The number of hydrogen-bond donors (Lipinski definition) is 1. The van der Waals surface area contributed by atoms with Crippen LogP contribution >= 0.6 is 11.6 Å². The van der Waals surface area contributed by atoms with E-state index in [9.17, 15) is 13.2 Å². The van der Waals surface area contributed by atoms with Crippen LogP contribution in [0.2, 0.25) is 5.02 Å². The fraction of sp³-hybridized carbons (Fsp3) is 0.250. The summed E-state index contributed by atoms with van der Waals surface area (Å²) in [6.07, 6.45) is 0.341. The average Bonchev–Trinajstić information content (AvgIpc) is 2.41. The Morgan fingerprint density at radius 2 is 1.67 bits per heavy atom. The quantitative estimate of drug-likeness (QED) is 0.847. The van der Waals surface area contributed by atoms with Gasteiger partial charge in [-0.1, -0.05) is 18.5 Å². The maximum absolute atomic E-state index is 13.4. The molecule has 0 radical (unpaired) electrons. The fourth-order valence-corrected chi connectivity index (χ4v) is 2.44. The molecule has 2 aromatic rings. The molecule has 1 unspecified atom stereocenters. The van der Waals surface area contributed by atoms with E-state index in [1.54, 1.807) is 0 Å². The molecule has 0 aliphatic rings. The van der Waals surface area contributed by atoms with Gasteiger partial charge in [0.1, 0.15) is 17.5 Å². The van der Waals surface area contributed by atoms with Gasteiger partial charge in [-0.25, -0.2) is 13.2 Å². The van der Waals surface area contributed by atoms with Crippen molar-refractivity contribution in [3.63, 3.8) is 0 Å². The van der Waals surface area contributed by atoms with Crippen molar-refractivity contribution in [1.29, 1.82) is 0 Å². The second-order valence-corrected chi connectivity index (χ2v) is 5.16. The second kappa shape index (κ2) is 6.96. The minimum atomic E-state index is -0.641. The molecule has 1 atom stereocenters. The van der Waals surface area contributed by atoms with E-state index < -0.39 is 17.5 Å². The SMILES string of the molecule is CCNC(Cc1cc(F)ccc1Cl)c1cc(F)cc(F)c1. The third-order valence-electron chi connectivity index (χ3n) is 3.17. The molecular formula is C16H15ClF3N. The lowest BCUT2D eigenvalue weighted by atomic mass is 9.98. The summed E-state index contributed by atoms with van der Waals surface area (Å²) in [5.41, 5.74) is 1.06. The van der Waals surface area contributed by atoms with Crippen molar-refractivity contribution < 1.29 is 13.2 Å². The van der Waals surface area contributed by atoms with E-state index >= 15 is 0 Å². The minimum Gasteiger partial charge on any atom is -0.310 e. The van der Waals surface area contributed by atoms with Gasteiger partial charge in [-0.15, -0.1) is 0 Å². The maximum atomic E-state index is 13.4. The molecule has 1 nitrogen and oxygen atoms in total. The largest absolute Gasteiger partial charge is 0.310 e. The molecule has 112 valence electrons. The molecule has 21 heavy (non-hydrogen) atoms. The first-order valence-electron chi connectivity index (χ1n) is 6.63. The molecule has 2 aromatic carbocycles. The summed E-state index contributed by atoms with van der Waals surface area (Å²) in [6.45, 7) is 2.49. The maximum Gasteiger partial charge on any atom is 0.126 e. The molecule has 0 aliphatic heterocycles. The number of nitrogens with one attached hydrogen (secondary N) is 1. The summed E-state index contributed by atoms with van der Waals surface area (Å²) in [6, 6.07) is 7.09. The first-order chi connectivity index (χ1) is 9.99. The van der Waals surface area contributed by atoms with Crippen molar-refractivity contribution in [3.05, 3.63) is 70.0 Å². The van der Waals surface area contributed by atoms with Crippen molar-refractivity contribution >= 4 is 11.6 Å². The van der Waals surface area contributed by atoms with E-state index in [1.165, 1.54) is 30.3 Å². The number of benzene rings is 2. The van der Waals surface area contributed by atoms with Gasteiger partial charge in [-0.3, -0.25) is 0 Å². The summed E-state index contributed by atoms with van der Waals surface area (Å²) in [5, 5.41) is 3.56. The molecule has 0 fully saturated rings. The van der Waals surface area contributed by atoms with Crippen LogP contribution < -0.4 is 5.32 Å². The highest BCUT2D eigenvalue weighted by Crippen LogP contribution is 2.25. The Labute approximate surface area is 126 Å². The number of halogens is 4. The van der Waals surface area contributed by atoms with Crippen LogP contribution in [-0.4, -0.2) is 6.54 Å². The monoisotopic (exact) mass is 313 g/mol. The first kappa shape index (κ1) is 15.9. The molecule has 0 amide bonds. The summed E-state index contributed by atoms with van der Waals surface area (Å²) in [5.74, 6) is -1.67. The van der Waals surface area contributed by atoms with Crippen molar-refractivity contribution in [1.82, 2.24) is 5.32 Å². The van der Waals surface area contributed by atoms with Gasteiger partial charge in [0.15, 0.2) is 0 Å². The first-order valence-corrected chi connectivity index (χ1v) is 7.00. The Morgan fingerprint density at radius 1 is 1.00 bits per heavy atom. The second-order valence-electron chi connectivity index (χ2n) is 4.75. The van der Waals surface area contributed by atoms with Crippen LogP contribution in [0.5, 0.6) is 0 Å². The third-order valence-corrected chi connectivity index (χ3v) is 3.54. The fourth-order valence-electron chi connectivity index (χ4n) is 2.25. The lowest BCUT2D eigenvalue weighted by Gasteiger charge is -2.19. The lowest BCUT2D eigenvalue weighted by molar-refractivity contribution is 0.527. The van der Waals surface area contributed by atoms with Gasteiger partial charge in [-0.2, -0.15) is 0 Å². The van der Waals surface area contributed by atoms with Gasteiger partial charge < -0.3 is 5.32 Å². The van der Waals surface area contributed by atoms with E-state index in [1.807, 2.05) is 6.92 Å². The Morgan fingerprint density at radius 3 is 2.29 bits per heavy atom. The van der Waals surface area contributed by atoms with E-state index in [4.69, 9.17) is 11.6 Å². The highest BCUT2D eigenvalue weighted by molar-refractivity contribution is 6.31. The zero-order valence-electron chi connectivity index (χ0n) is 11.5. The molecule has 0 heterocycles. The normalized spacial score (nSPS) is 12.4. The molecular weight excluding hydrogens is 299 g/mol. The summed E-state index contributed by atoms with van der Waals surface area (Å²) < 4.78 is 40.0. The van der Waals surface area contributed by atoms with Crippen LogP contribution in [0.15, 0.2) is 36.4 Å². The Kier molecular flexibility index (Phi) is 5.26. The Balaban J connectivity index is 2.32. The highest BCUT2D eigenvalue weighted by atomic mass is 35.5. The van der Waals surface area contributed by atoms with Gasteiger partial charge in [0.05, 0.1) is 0 Å². The van der Waals surface area contributed by atoms with Gasteiger partial charge in [0.2, 0.25) is 0 Å². The van der Waals surface area contributed by atoms with Crippen LogP contribution in [0.4, 0.5) is 13.2 Å². The molecule has 0 saturated carbocycles. The highest BCUT2D eigenvalue weighted by Gasteiger charge is 2.15. The van der Waals surface area contributed by atoms with E-state index in [-0.39, 0.29) is 6.04 Å². The zero-order chi connectivity index (χ0) is 15.4. The molecule has 0 saturated heterocycles. The van der Waals surface area contributed by atoms with E-state index in [0.29, 0.717) is 29.1 Å². The van der Waals surface area contributed by atoms with Crippen molar-refractivity contribution in [2.45, 2.75) is 19.4 Å². The Hall–Kier alpha value is -1.52. The molecule has 0 aromatic heterocycles. The van der Waals surface area contributed by atoms with E-state index in [0.717, 1.165) is 6.07 Å². The predicted octanol–water partition coefficient (Wildman–Crippen LogP) is 4.65. The van der Waals surface area contributed by atoms with Crippen LogP contribution in [0.1, 0.15) is 24.1 Å². The van der Waals surface area contributed by atoms with Crippen LogP contribution in [-0.2, 0) is 6.42 Å². The van der Waals surface area contributed by atoms with Crippen LogP contribution in [0.3, 0.4) is 0 Å². The topological polar surface area (TPSA) is 12.0 Å². The van der Waals surface area contributed by atoms with E-state index in [2.05, 4.69) is 5.32 Å². The molecule has 5 heteroatoms. The average molecular weight is 314 g/mol. The Bertz CT molecular complexity index is 611. The molecule has 0 bridgehead atoms. The van der Waals surface area contributed by atoms with Gasteiger partial charge in [0.25, 0.3) is 0 Å². The van der Waals surface area contributed by atoms with Gasteiger partial charge in [-0.05, 0) is 54.4 Å². The molecule has 0 spiro atoms. The van der Waals surface area contributed by atoms with Gasteiger partial charge in [0, 0.05) is 17.1 Å². The van der Waals surface area contributed by atoms with Crippen LogP contribution in [0.25, 0.3) is 0 Å². The predicted molar refractivity (Wildman–Crippen MR) is 77.9 cm³/mol. The molecule has 2 rings (SSSR count). The number of hydrogen-bond acceptors (Lipinski definition) is 1. The smallest absolute Gasteiger partial charge is 0.126 e. The van der Waals surface area contributed by atoms with Crippen molar-refractivity contribution in [3.8, 4) is 0 Å². The van der Waals surface area contributed by atoms with Crippen molar-refractivity contribution in [2.24, 2.45) is 0 Å². The zero-order valence-corrected chi connectivity index (χ0v) is 12.2. The standard InChI is InChI=1S/C16H15ClF3N/c1-2-21-16(11-6-13(19)9-14(20)7-11)8-10-5-12(18)3-4-15(10)17/h3-7,9,16,21H,2,8H2,1H3. The molecule has 0 aliphatic carbocycles. The summed E-state index contributed by atoms with van der Waals surface area (Å²) in [4.78, 5) is 0. The minimum absolute atomic E-state index is 0.341. The summed E-state index contributed by atoms with van der Waals surface area (Å²) >= 11 is 6.05.